The zero-order valence-corrected chi connectivity index (χ0v) is 60.5. The van der Waals surface area contributed by atoms with Crippen LogP contribution in [0, 0.1) is 12.8 Å². The number of unbranched alkanes of at least 4 members (excludes halogenated alkanes) is 1. The Morgan fingerprint density at radius 3 is 1.96 bits per heavy atom. The van der Waals surface area contributed by atoms with Gasteiger partial charge < -0.3 is 141 Å². The van der Waals surface area contributed by atoms with Crippen molar-refractivity contribution in [1.82, 2.24) is 67.8 Å². The molecule has 0 radical (unpaired) electrons. The molecule has 9 unspecified atom stereocenters. The minimum atomic E-state index is -2.20. The van der Waals surface area contributed by atoms with Gasteiger partial charge in [0.15, 0.2) is 18.7 Å². The highest BCUT2D eigenvalue weighted by atomic mass is 32.1. The smallest absolute Gasteiger partial charge is 0.404 e. The number of thiazole rings is 2. The lowest BCUT2D eigenvalue weighted by Crippen LogP contribution is -2.67. The minimum absolute atomic E-state index is 0.0216. The molecule has 2 fully saturated rings. The quantitative estimate of drug-likeness (QED) is 0.0234. The highest BCUT2D eigenvalue weighted by Crippen LogP contribution is 2.33. The summed E-state index contributed by atoms with van der Waals surface area (Å²) in [4.78, 5) is 144. The second-order valence-corrected chi connectivity index (χ2v) is 27.0. The van der Waals surface area contributed by atoms with Gasteiger partial charge in [-0.3, -0.25) is 43.3 Å². The van der Waals surface area contributed by atoms with Crippen molar-refractivity contribution in [3.63, 3.8) is 0 Å². The van der Waals surface area contributed by atoms with Gasteiger partial charge in [-0.05, 0) is 72.6 Å². The first kappa shape index (κ1) is 86.8. The maximum Gasteiger partial charge on any atom is 0.404 e. The number of primary amides is 3. The second kappa shape index (κ2) is 42.4. The Hall–Kier alpha value is -8.13. The molecule has 0 saturated carbocycles. The average Bonchev–Trinajstić information content (AvgIpc) is 0.998. The topological polar surface area (TPSA) is 676 Å². The fourth-order valence-corrected chi connectivity index (χ4v) is 12.5. The molecule has 42 nitrogen and oxygen atoms in total. The number of nitrogens with two attached hydrogens (primary N) is 5. The lowest BCUT2D eigenvalue weighted by atomic mass is 9.95. The molecule has 3 aromatic heterocycles. The van der Waals surface area contributed by atoms with Gasteiger partial charge in [0.1, 0.15) is 101 Å². The average molecular weight is 1540 g/mol. The van der Waals surface area contributed by atoms with Gasteiger partial charge in [-0.15, -0.1) is 22.7 Å². The molecule has 19 atom stereocenters. The van der Waals surface area contributed by atoms with E-state index in [0.29, 0.717) is 35.2 Å². The SMILES string of the molecule is CC(=O)NCCCNCCCCNCCCNC(=O)c1csc(-c2csc(CCNC(=O)C(NC(=O)C(C)C(O)C(C)NC(=O)C(NC(=O)c3nc(C(CC(N)=O)NCC(N)C(N)=O)nc(N)c3C)C(O[C@@H]3O[C@@H](CO)[C@@H](O)[C@H](O)[C@@H]3O[C@H]3O[C@H](CO)[C@@H](O)[C@H](OC(N)=O)[C@@H]3O)C3=NC=NC3)C(C)O)n2)n1. The molecule has 3 aliphatic rings. The maximum absolute atomic E-state index is 15.2. The summed E-state index contributed by atoms with van der Waals surface area (Å²) in [6.45, 7) is 8.04. The molecular formula is C62H98N20O22S2. The van der Waals surface area contributed by atoms with E-state index in [2.05, 4.69) is 77.8 Å². The van der Waals surface area contributed by atoms with E-state index in [0.717, 1.165) is 51.8 Å². The van der Waals surface area contributed by atoms with Crippen LogP contribution in [0.2, 0.25) is 0 Å². The summed E-state index contributed by atoms with van der Waals surface area (Å²) in [7, 11) is 0. The third kappa shape index (κ3) is 25.2. The van der Waals surface area contributed by atoms with Gasteiger partial charge in [0, 0.05) is 62.3 Å². The first-order chi connectivity index (χ1) is 50.3. The number of nitrogen functional groups attached to an aromatic ring is 1. The number of nitrogens with zero attached hydrogens (tertiary/aromatic N) is 6. The van der Waals surface area contributed by atoms with E-state index < -0.39 is 189 Å². The van der Waals surface area contributed by atoms with Crippen LogP contribution in [0.5, 0.6) is 0 Å². The molecule has 6 rings (SSSR count). The van der Waals surface area contributed by atoms with Gasteiger partial charge >= 0.3 is 6.09 Å². The van der Waals surface area contributed by atoms with Crippen LogP contribution < -0.4 is 76.5 Å². The Balaban J connectivity index is 1.15. The van der Waals surface area contributed by atoms with Crippen molar-refractivity contribution in [3.05, 3.63) is 38.5 Å². The van der Waals surface area contributed by atoms with E-state index in [-0.39, 0.29) is 59.9 Å². The number of anilines is 1. The first-order valence-corrected chi connectivity index (χ1v) is 35.8. The van der Waals surface area contributed by atoms with Crippen molar-refractivity contribution in [3.8, 4) is 10.7 Å². The summed E-state index contributed by atoms with van der Waals surface area (Å²) in [5, 5.41) is 118. The van der Waals surface area contributed by atoms with Crippen molar-refractivity contribution in [2.45, 2.75) is 183 Å². The predicted molar refractivity (Wildman–Crippen MR) is 376 cm³/mol. The number of hydrogen-bond donors (Lipinski definition) is 22. The van der Waals surface area contributed by atoms with E-state index >= 15 is 4.79 Å². The Kier molecular flexibility index (Phi) is 34.7. The second-order valence-electron chi connectivity index (χ2n) is 25.2. The molecule has 27 N–H and O–H groups in total. The monoisotopic (exact) mass is 1540 g/mol. The van der Waals surface area contributed by atoms with Crippen molar-refractivity contribution >= 4 is 93.9 Å². The van der Waals surface area contributed by atoms with Gasteiger partial charge in [0.2, 0.25) is 35.4 Å². The fraction of sp³-hybridized carbons (Fsp3) is 0.661. The summed E-state index contributed by atoms with van der Waals surface area (Å²) in [5.74, 6) is -8.82. The van der Waals surface area contributed by atoms with Crippen molar-refractivity contribution < 1.29 is 108 Å². The fourth-order valence-electron chi connectivity index (χ4n) is 10.9. The number of hydrogen-bond acceptors (Lipinski definition) is 35. The van der Waals surface area contributed by atoms with E-state index in [1.807, 2.05) is 0 Å². The van der Waals surface area contributed by atoms with Gasteiger partial charge in [-0.1, -0.05) is 6.92 Å². The van der Waals surface area contributed by atoms with Crippen LogP contribution in [-0.2, 0) is 58.9 Å². The number of carbonyl (C=O) groups is 9. The van der Waals surface area contributed by atoms with Crippen LogP contribution >= 0.6 is 22.7 Å². The number of aliphatic imine (C=N–C) groups is 2. The summed E-state index contributed by atoms with van der Waals surface area (Å²) < 4.78 is 28.8. The highest BCUT2D eigenvalue weighted by molar-refractivity contribution is 7.14. The molecule has 590 valence electrons. The van der Waals surface area contributed by atoms with Crippen LogP contribution in [0.4, 0.5) is 10.6 Å². The third-order valence-corrected chi connectivity index (χ3v) is 18.8. The van der Waals surface area contributed by atoms with Gasteiger partial charge in [0.25, 0.3) is 11.8 Å². The zero-order valence-electron chi connectivity index (χ0n) is 58.9. The molecule has 44 heteroatoms. The molecule has 3 aromatic rings. The van der Waals surface area contributed by atoms with Crippen LogP contribution in [0.25, 0.3) is 10.7 Å². The molecule has 9 amide bonds. The standard InChI is InChI=1S/C62H98N20O22S2/c1-26-40(79-53(82-51(26)65)32(18-38(64)87)74-19-31(63)52(66)93)57(97)81-42(48(33-20-70-25-75-33)102-61-50(46(91)44(89)36(21-83)101-61)103-60-47(92)49(104-62(67)99)45(90)37(22-84)100-60)58(98)76-28(3)43(88)27(2)54(94)80-41(29(4)85)56(96)73-17-10-39-77-35(24-105-39)59-78-34(23-106-59)55(95)72-16-9-14-69-12-7-6-11-68-13-8-15-71-30(5)86/h23-25,27-29,31-32,36-37,41-50,60-61,68-69,74,83-85,88-92H,6-22,63H2,1-5H3,(H2,64,87)(H2,66,93)(H2,67,99)(H,71,86)(H,72,95)(H,73,96)(H,76,98)(H,80,94)(H,81,97)(H2,65,79,82)/t27?,28?,29?,31?,32?,36-,37+,41?,42?,43?,44+,45+,46-,47-,48?,49-,50-,60+,61-/m0/s1. The number of ether oxygens (including phenoxy) is 5. The lowest BCUT2D eigenvalue weighted by molar-refractivity contribution is -0.369. The largest absolute Gasteiger partial charge is 0.441 e. The van der Waals surface area contributed by atoms with Crippen LogP contribution in [0.1, 0.15) is 103 Å². The lowest BCUT2D eigenvalue weighted by Gasteiger charge is -2.47. The number of aromatic nitrogens is 4. The highest BCUT2D eigenvalue weighted by Gasteiger charge is 2.54. The molecular weight excluding hydrogens is 1440 g/mol. The molecule has 0 bridgehead atoms. The maximum atomic E-state index is 15.2. The minimum Gasteiger partial charge on any atom is -0.441 e. The Labute approximate surface area is 615 Å². The van der Waals surface area contributed by atoms with E-state index in [1.165, 1.54) is 57.3 Å². The molecule has 0 aliphatic carbocycles. The third-order valence-electron chi connectivity index (χ3n) is 17.0. The molecule has 2 saturated heterocycles. The van der Waals surface area contributed by atoms with Gasteiger partial charge in [-0.2, -0.15) is 0 Å². The Bertz CT molecular complexity index is 3500. The number of aliphatic hydroxyl groups is 8. The number of amides is 9. The first-order valence-electron chi connectivity index (χ1n) is 34.0. The van der Waals surface area contributed by atoms with Crippen molar-refractivity contribution in [2.24, 2.45) is 38.8 Å². The Morgan fingerprint density at radius 2 is 1.35 bits per heavy atom. The molecule has 106 heavy (non-hydrogen) atoms. The number of nitrogens with one attached hydrogen (secondary N) is 9. The number of carbonyl (C=O) groups excluding carboxylic acids is 9. The molecule has 0 spiro atoms. The van der Waals surface area contributed by atoms with Crippen LogP contribution in [0.15, 0.2) is 20.7 Å². The summed E-state index contributed by atoms with van der Waals surface area (Å²) >= 11 is 2.50. The summed E-state index contributed by atoms with van der Waals surface area (Å²) in [5.41, 5.74) is 28.1. The number of aliphatic hydroxyl groups excluding tert-OH is 8. The molecule has 3 aliphatic heterocycles. The molecule has 0 aromatic carbocycles. The van der Waals surface area contributed by atoms with Crippen molar-refractivity contribution in [1.29, 1.82) is 0 Å². The van der Waals surface area contributed by atoms with E-state index in [4.69, 9.17) is 52.4 Å². The predicted octanol–water partition coefficient (Wildman–Crippen LogP) is -8.71. The normalized spacial score (nSPS) is 23.3. The van der Waals surface area contributed by atoms with Crippen LogP contribution in [-0.4, -0.2) is 302 Å². The summed E-state index contributed by atoms with van der Waals surface area (Å²) in [6.07, 6.45) is -22.8. The van der Waals surface area contributed by atoms with Gasteiger partial charge in [-0.25, -0.2) is 29.7 Å². The van der Waals surface area contributed by atoms with Crippen molar-refractivity contribution in [2.75, 3.05) is 77.9 Å². The van der Waals surface area contributed by atoms with E-state index in [9.17, 15) is 79.2 Å². The van der Waals surface area contributed by atoms with E-state index in [1.54, 1.807) is 10.8 Å². The van der Waals surface area contributed by atoms with Gasteiger partial charge in [0.05, 0.1) is 66.7 Å². The van der Waals surface area contributed by atoms with Crippen LogP contribution in [0.3, 0.4) is 0 Å². The molecule has 6 heterocycles. The summed E-state index contributed by atoms with van der Waals surface area (Å²) in [6, 6.07) is -7.89. The Morgan fingerprint density at radius 1 is 0.698 bits per heavy atom. The number of rotatable bonds is 44. The zero-order chi connectivity index (χ0) is 78.1.